The molecule has 3 fully saturated rings. The van der Waals surface area contributed by atoms with E-state index < -0.39 is 103 Å². The van der Waals surface area contributed by atoms with Crippen molar-refractivity contribution in [3.63, 3.8) is 0 Å². The number of rotatable bonds is 19. The first-order valence-corrected chi connectivity index (χ1v) is 25.2. The van der Waals surface area contributed by atoms with Gasteiger partial charge < -0.3 is 40.2 Å². The Morgan fingerprint density at radius 2 is 1.35 bits per heavy atom. The molecule has 2 aromatic carbocycles. The number of nitrogens with one attached hydrogen (secondary N) is 4. The van der Waals surface area contributed by atoms with Gasteiger partial charge >= 0.3 is 31.1 Å². The van der Waals surface area contributed by atoms with Gasteiger partial charge in [-0.05, 0) is 88.4 Å². The zero-order chi connectivity index (χ0) is 58.5. The van der Waals surface area contributed by atoms with Crippen molar-refractivity contribution in [2.24, 2.45) is 10.8 Å². The van der Waals surface area contributed by atoms with Gasteiger partial charge in [-0.15, -0.1) is 0 Å². The number of carbonyl (C=O) groups is 4. The van der Waals surface area contributed by atoms with Crippen molar-refractivity contribution < 1.29 is 78.0 Å². The van der Waals surface area contributed by atoms with Crippen LogP contribution in [0.4, 0.5) is 54.9 Å². The molecule has 2 bridgehead atoms. The lowest BCUT2D eigenvalue weighted by molar-refractivity contribution is -0.221. The number of amides is 4. The highest BCUT2D eigenvalue weighted by molar-refractivity contribution is 5.87. The number of aliphatic hydroxyl groups is 1. The predicted molar refractivity (Wildman–Crippen MR) is 270 cm³/mol. The molecule has 3 aliphatic rings. The van der Waals surface area contributed by atoms with Crippen LogP contribution in [0.5, 0.6) is 0 Å². The van der Waals surface area contributed by atoms with Crippen LogP contribution in [0.1, 0.15) is 69.3 Å². The van der Waals surface area contributed by atoms with Crippen molar-refractivity contribution in [2.75, 3.05) is 52.0 Å². The minimum absolute atomic E-state index is 0.0531. The Kier molecular flexibility index (Phi) is 18.7. The van der Waals surface area contributed by atoms with Crippen LogP contribution in [0.15, 0.2) is 73.2 Å². The molecule has 3 aliphatic heterocycles. The highest BCUT2D eigenvalue weighted by Gasteiger charge is 2.57. The van der Waals surface area contributed by atoms with E-state index in [1.807, 2.05) is 22.8 Å². The van der Waals surface area contributed by atoms with Crippen molar-refractivity contribution >= 4 is 29.8 Å². The second-order valence-electron chi connectivity index (χ2n) is 20.9. The molecule has 5 heterocycles. The molecule has 4 aromatic rings. The fourth-order valence-corrected chi connectivity index (χ4v) is 9.64. The normalized spacial score (nSPS) is 18.6. The molecule has 4 amide bonds. The van der Waals surface area contributed by atoms with E-state index in [4.69, 9.17) is 4.74 Å². The van der Waals surface area contributed by atoms with Crippen molar-refractivity contribution in [3.05, 3.63) is 101 Å². The van der Waals surface area contributed by atoms with Gasteiger partial charge in [0.2, 0.25) is 5.91 Å². The minimum Gasteiger partial charge on any atom is -0.453 e. The van der Waals surface area contributed by atoms with Gasteiger partial charge in [0.15, 0.2) is 0 Å². The van der Waals surface area contributed by atoms with Crippen LogP contribution in [0.3, 0.4) is 0 Å². The number of hydrazine groups is 1. The van der Waals surface area contributed by atoms with Gasteiger partial charge in [-0.3, -0.25) is 19.9 Å². The fraction of sp³-hybridized carbons (Fsp3) is 0.509. The van der Waals surface area contributed by atoms with Crippen LogP contribution in [-0.4, -0.2) is 156 Å². The van der Waals surface area contributed by atoms with E-state index in [1.165, 1.54) is 18.2 Å². The number of aromatic nitrogens is 3. The number of aliphatic hydroxyl groups excluding tert-OH is 1. The summed E-state index contributed by atoms with van der Waals surface area (Å²) in [5.74, 6) is 2.83. The fourth-order valence-electron chi connectivity index (χ4n) is 9.64. The number of carbonyl (C=O) groups excluding carboxylic acids is 4. The standard InChI is InChI=1S/C53H61F9N10O8/c1-50(2,52(57,58)59)43(66-48(76)78-5)45(74)65-40(19-31-10-7-30(8-11-31)9-12-32-13-18-42(63-21-32)69-25-36-16-17-37(26-69)72(36)38-28-80-29-38)41(73)27-70(68-46(75)44(67-49(77)79-6)51(3,4)53(60,61)62)23-34-15-14-33(20-39(34)54)35-22-64-71(24-35)47(55)56/h7-8,10-11,13-15,18,20-22,24,36-38,40-41,43-44,47,73H,16-17,19,23,25-29H2,1-6H3,(H,65,74)(H,66,76)(H,67,77)(H,68,75)/t36?,37?,40-,41-,43+,44+/m0/s1. The molecule has 80 heavy (non-hydrogen) atoms. The molecular weight excluding hydrogens is 1080 g/mol. The highest BCUT2D eigenvalue weighted by Crippen LogP contribution is 2.42. The number of pyridine rings is 1. The Labute approximate surface area is 454 Å². The summed E-state index contributed by atoms with van der Waals surface area (Å²) in [6.07, 6.45) is -9.75. The summed E-state index contributed by atoms with van der Waals surface area (Å²) in [5.41, 5.74) is -2.62. The second-order valence-corrected chi connectivity index (χ2v) is 20.9. The maximum Gasteiger partial charge on any atom is 0.407 e. The number of methoxy groups -OCH3 is 2. The minimum atomic E-state index is -5.17. The summed E-state index contributed by atoms with van der Waals surface area (Å²) in [6.45, 7) is 0.910. The largest absolute Gasteiger partial charge is 0.453 e. The lowest BCUT2D eigenvalue weighted by atomic mass is 9.82. The second kappa shape index (κ2) is 24.7. The summed E-state index contributed by atoms with van der Waals surface area (Å²) in [6, 6.07) is 8.08. The van der Waals surface area contributed by atoms with Crippen LogP contribution in [0.25, 0.3) is 11.1 Å². The van der Waals surface area contributed by atoms with Crippen molar-refractivity contribution in [2.45, 2.75) is 115 Å². The van der Waals surface area contributed by atoms with Crippen molar-refractivity contribution in [1.82, 2.24) is 46.0 Å². The van der Waals surface area contributed by atoms with E-state index in [0.29, 0.717) is 67.2 Å². The Hall–Kier alpha value is -7.15. The average Bonchev–Trinajstić information content (AvgIpc) is 4.10. The zero-order valence-corrected chi connectivity index (χ0v) is 44.3. The number of anilines is 1. The molecule has 0 saturated carbocycles. The number of benzene rings is 2. The van der Waals surface area contributed by atoms with Gasteiger partial charge in [0.25, 0.3) is 5.91 Å². The molecule has 2 aromatic heterocycles. The molecule has 5 N–H and O–H groups in total. The van der Waals surface area contributed by atoms with E-state index >= 15 is 4.39 Å². The van der Waals surface area contributed by atoms with Crippen molar-refractivity contribution in [3.8, 4) is 23.0 Å². The summed E-state index contributed by atoms with van der Waals surface area (Å²) in [4.78, 5) is 62.5. The van der Waals surface area contributed by atoms with Gasteiger partial charge in [0.1, 0.15) is 23.7 Å². The molecule has 0 aliphatic carbocycles. The number of nitrogens with zero attached hydrogens (tertiary/aromatic N) is 6. The Balaban J connectivity index is 1.17. The van der Waals surface area contributed by atoms with E-state index in [0.717, 1.165) is 88.7 Å². The predicted octanol–water partition coefficient (Wildman–Crippen LogP) is 6.48. The van der Waals surface area contributed by atoms with E-state index in [-0.39, 0.29) is 16.7 Å². The highest BCUT2D eigenvalue weighted by atomic mass is 19.4. The Bertz CT molecular complexity index is 2880. The topological polar surface area (TPSA) is 205 Å². The first-order valence-electron chi connectivity index (χ1n) is 25.2. The van der Waals surface area contributed by atoms with Gasteiger partial charge in [-0.2, -0.15) is 40.2 Å². The third kappa shape index (κ3) is 14.1. The number of ether oxygens (including phenoxy) is 3. The Morgan fingerprint density at radius 1 is 0.775 bits per heavy atom. The monoisotopic (exact) mass is 1140 g/mol. The van der Waals surface area contributed by atoms with Gasteiger partial charge in [-0.25, -0.2) is 28.7 Å². The number of alkyl halides is 8. The summed E-state index contributed by atoms with van der Waals surface area (Å²) in [7, 11) is 1.67. The molecule has 27 heteroatoms. The number of alkyl carbamates (subject to hydrolysis) is 2. The average molecular weight is 1140 g/mol. The third-order valence-electron chi connectivity index (χ3n) is 14.8. The van der Waals surface area contributed by atoms with Crippen LogP contribution < -0.4 is 26.3 Å². The quantitative estimate of drug-likeness (QED) is 0.0388. The zero-order valence-electron chi connectivity index (χ0n) is 44.3. The molecule has 18 nitrogen and oxygen atoms in total. The van der Waals surface area contributed by atoms with E-state index in [2.05, 4.69) is 51.9 Å². The molecule has 2 unspecified atom stereocenters. The number of piperazine rings is 1. The summed E-state index contributed by atoms with van der Waals surface area (Å²) < 4.78 is 145. The Morgan fingerprint density at radius 3 is 1.85 bits per heavy atom. The lowest BCUT2D eigenvalue weighted by Gasteiger charge is -2.47. The molecule has 0 spiro atoms. The first-order chi connectivity index (χ1) is 37.6. The summed E-state index contributed by atoms with van der Waals surface area (Å²) >= 11 is 0. The molecule has 7 rings (SSSR count). The third-order valence-corrected chi connectivity index (χ3v) is 14.8. The first kappa shape index (κ1) is 60.5. The maximum absolute atomic E-state index is 16.0. The van der Waals surface area contributed by atoms with E-state index in [1.54, 1.807) is 18.3 Å². The van der Waals surface area contributed by atoms with Crippen molar-refractivity contribution in [1.29, 1.82) is 0 Å². The van der Waals surface area contributed by atoms with Crippen LogP contribution in [0.2, 0.25) is 0 Å². The molecule has 6 atom stereocenters. The SMILES string of the molecule is COC(=O)N[C@H](C(=O)N[C@@H](Cc1ccc(C#Cc2ccc(N3CC4CCC(C3)N4C3COC3)nc2)cc1)[C@@H](O)CN(Cc1ccc(-c2cnn(C(F)F)c2)cc1F)NC(=O)[C@@H](NC(=O)OC)C(C)(C)C(F)(F)F)C(C)(C)C(F)(F)F. The van der Waals surface area contributed by atoms with Gasteiger partial charge in [0, 0.05) is 72.9 Å². The van der Waals surface area contributed by atoms with Crippen LogP contribution in [0, 0.1) is 28.5 Å². The number of fused-ring (bicyclic) bond motifs is 2. The molecule has 434 valence electrons. The van der Waals surface area contributed by atoms with Crippen LogP contribution in [-0.2, 0) is 36.8 Å². The maximum atomic E-state index is 16.0. The smallest absolute Gasteiger partial charge is 0.407 e. The van der Waals surface area contributed by atoms with Gasteiger partial charge in [-0.1, -0.05) is 36.1 Å². The molecule has 3 saturated heterocycles. The van der Waals surface area contributed by atoms with Gasteiger partial charge in [0.05, 0.1) is 62.6 Å². The van der Waals surface area contributed by atoms with Crippen LogP contribution >= 0.6 is 0 Å². The van der Waals surface area contributed by atoms with E-state index in [9.17, 15) is 59.4 Å². The summed E-state index contributed by atoms with van der Waals surface area (Å²) in [5, 5.41) is 22.4. The molecule has 0 radical (unpaired) electrons. The molecular formula is C53H61F9N10O8. The number of halogens is 9. The lowest BCUT2D eigenvalue weighted by Crippen LogP contribution is -2.63. The number of hydrogen-bond acceptors (Lipinski definition) is 13. The number of hydrogen-bond donors (Lipinski definition) is 5.